The van der Waals surface area contributed by atoms with Gasteiger partial charge in [0.2, 0.25) is 0 Å². The minimum Gasteiger partial charge on any atom is -0.0654 e. The fourth-order valence-corrected chi connectivity index (χ4v) is 3.17. The highest BCUT2D eigenvalue weighted by Crippen LogP contribution is 2.13. The predicted molar refractivity (Wildman–Crippen MR) is 107 cm³/mol. The van der Waals surface area contributed by atoms with Gasteiger partial charge in [0, 0.05) is 0 Å². The number of hydrogen-bond donors (Lipinski definition) is 0. The highest BCUT2D eigenvalue weighted by Gasteiger charge is 1.98. The van der Waals surface area contributed by atoms with E-state index in [2.05, 4.69) is 62.4 Å². The summed E-state index contributed by atoms with van der Waals surface area (Å²) in [5, 5.41) is 0. The van der Waals surface area contributed by atoms with Crippen molar-refractivity contribution in [1.29, 1.82) is 0 Å². The van der Waals surface area contributed by atoms with Crippen LogP contribution in [-0.4, -0.2) is 0 Å². The van der Waals surface area contributed by atoms with Crippen molar-refractivity contribution >= 4 is 0 Å². The van der Waals surface area contributed by atoms with E-state index < -0.39 is 0 Å². The molecule has 24 heavy (non-hydrogen) atoms. The van der Waals surface area contributed by atoms with Crippen LogP contribution < -0.4 is 0 Å². The molecule has 130 valence electrons. The number of aryl methyl sites for hydroxylation is 4. The Kier molecular flexibility index (Phi) is 8.66. The second kappa shape index (κ2) is 11.1. The third kappa shape index (κ3) is 6.91. The van der Waals surface area contributed by atoms with Crippen molar-refractivity contribution in [1.82, 2.24) is 0 Å². The number of unbranched alkanes of at least 4 members (excludes halogenated alkanes) is 3. The van der Waals surface area contributed by atoms with Crippen molar-refractivity contribution in [2.75, 3.05) is 0 Å². The van der Waals surface area contributed by atoms with Crippen molar-refractivity contribution < 1.29 is 0 Å². The average Bonchev–Trinajstić information content (AvgIpc) is 2.64. The number of hydrogen-bond acceptors (Lipinski definition) is 0. The summed E-state index contributed by atoms with van der Waals surface area (Å²) < 4.78 is 0. The molecule has 0 atom stereocenters. The Balaban J connectivity index is 1.67. The molecule has 0 fully saturated rings. The molecular formula is C24H34. The molecule has 0 heterocycles. The van der Waals surface area contributed by atoms with Gasteiger partial charge in [0.05, 0.1) is 0 Å². The predicted octanol–water partition coefficient (Wildman–Crippen LogP) is 6.94. The highest BCUT2D eigenvalue weighted by atomic mass is 14.0. The Morgan fingerprint density at radius 3 is 0.917 bits per heavy atom. The minimum atomic E-state index is 1.21. The number of benzene rings is 2. The Morgan fingerprint density at radius 1 is 0.417 bits per heavy atom. The Labute approximate surface area is 149 Å². The van der Waals surface area contributed by atoms with E-state index >= 15 is 0 Å². The summed E-state index contributed by atoms with van der Waals surface area (Å²) in [4.78, 5) is 0. The molecule has 0 aliphatic rings. The summed E-state index contributed by atoms with van der Waals surface area (Å²) in [6.45, 7) is 4.51. The summed E-state index contributed by atoms with van der Waals surface area (Å²) >= 11 is 0. The molecule has 0 heteroatoms. The van der Waals surface area contributed by atoms with Crippen LogP contribution in [0.2, 0.25) is 0 Å². The third-order valence-electron chi connectivity index (χ3n) is 4.86. The van der Waals surface area contributed by atoms with Gasteiger partial charge in [-0.2, -0.15) is 0 Å². The SMILES string of the molecule is CCCCc1ccc(CCCCc2ccc(CCCC)cc2)cc1. The van der Waals surface area contributed by atoms with Crippen LogP contribution in [0.5, 0.6) is 0 Å². The molecule has 0 unspecified atom stereocenters. The zero-order valence-corrected chi connectivity index (χ0v) is 15.7. The molecule has 2 aromatic rings. The summed E-state index contributed by atoms with van der Waals surface area (Å²) in [5.74, 6) is 0. The summed E-state index contributed by atoms with van der Waals surface area (Å²) in [7, 11) is 0. The van der Waals surface area contributed by atoms with E-state index in [0.717, 1.165) is 0 Å². The minimum absolute atomic E-state index is 1.21. The second-order valence-electron chi connectivity index (χ2n) is 7.05. The molecule has 0 spiro atoms. The van der Waals surface area contributed by atoms with Crippen LogP contribution in [0.4, 0.5) is 0 Å². The molecule has 0 radical (unpaired) electrons. The lowest BCUT2D eigenvalue weighted by atomic mass is 10.0. The molecule has 0 saturated heterocycles. The van der Waals surface area contributed by atoms with Crippen molar-refractivity contribution in [3.63, 3.8) is 0 Å². The van der Waals surface area contributed by atoms with Gasteiger partial charge in [-0.25, -0.2) is 0 Å². The van der Waals surface area contributed by atoms with Gasteiger partial charge in [0.25, 0.3) is 0 Å². The number of rotatable bonds is 11. The molecule has 0 amide bonds. The molecule has 0 aliphatic carbocycles. The second-order valence-corrected chi connectivity index (χ2v) is 7.05. The molecule has 0 aliphatic heterocycles. The van der Waals surface area contributed by atoms with Gasteiger partial charge in [-0.05, 0) is 73.6 Å². The first-order valence-corrected chi connectivity index (χ1v) is 9.97. The highest BCUT2D eigenvalue weighted by molar-refractivity contribution is 5.24. The van der Waals surface area contributed by atoms with Gasteiger partial charge in [-0.15, -0.1) is 0 Å². The van der Waals surface area contributed by atoms with Gasteiger partial charge in [0.15, 0.2) is 0 Å². The van der Waals surface area contributed by atoms with E-state index in [-0.39, 0.29) is 0 Å². The first-order chi connectivity index (χ1) is 11.8. The van der Waals surface area contributed by atoms with Crippen LogP contribution in [0.3, 0.4) is 0 Å². The fraction of sp³-hybridized carbons (Fsp3) is 0.500. The molecular weight excluding hydrogens is 288 g/mol. The van der Waals surface area contributed by atoms with Crippen molar-refractivity contribution in [2.24, 2.45) is 0 Å². The van der Waals surface area contributed by atoms with E-state index in [0.29, 0.717) is 0 Å². The van der Waals surface area contributed by atoms with E-state index in [9.17, 15) is 0 Å². The van der Waals surface area contributed by atoms with Gasteiger partial charge in [0.1, 0.15) is 0 Å². The first-order valence-electron chi connectivity index (χ1n) is 9.97. The van der Waals surface area contributed by atoms with Crippen LogP contribution in [0, 0.1) is 0 Å². The van der Waals surface area contributed by atoms with E-state index in [4.69, 9.17) is 0 Å². The van der Waals surface area contributed by atoms with Crippen LogP contribution in [0.25, 0.3) is 0 Å². The molecule has 0 aromatic heterocycles. The summed E-state index contributed by atoms with van der Waals surface area (Å²) in [6.07, 6.45) is 12.6. The maximum atomic E-state index is 2.33. The summed E-state index contributed by atoms with van der Waals surface area (Å²) in [6, 6.07) is 18.6. The van der Waals surface area contributed by atoms with Gasteiger partial charge in [-0.1, -0.05) is 75.2 Å². The quantitative estimate of drug-likeness (QED) is 0.393. The Bertz CT molecular complexity index is 494. The largest absolute Gasteiger partial charge is 0.0654 e. The van der Waals surface area contributed by atoms with Gasteiger partial charge < -0.3 is 0 Å². The molecule has 0 N–H and O–H groups in total. The Hall–Kier alpha value is -1.56. The lowest BCUT2D eigenvalue weighted by Gasteiger charge is -2.06. The molecule has 2 rings (SSSR count). The van der Waals surface area contributed by atoms with E-state index in [1.54, 1.807) is 0 Å². The molecule has 2 aromatic carbocycles. The fourth-order valence-electron chi connectivity index (χ4n) is 3.17. The van der Waals surface area contributed by atoms with Crippen molar-refractivity contribution in [3.8, 4) is 0 Å². The maximum absolute atomic E-state index is 2.33. The standard InChI is InChI=1S/C24H34/c1-3-5-9-21-13-17-23(18-14-21)11-7-8-12-24-19-15-22(16-20-24)10-6-4-2/h13-20H,3-12H2,1-2H3. The van der Waals surface area contributed by atoms with E-state index in [1.165, 1.54) is 86.5 Å². The smallest absolute Gasteiger partial charge is 0.0279 e. The summed E-state index contributed by atoms with van der Waals surface area (Å²) in [5.41, 5.74) is 5.96. The zero-order valence-electron chi connectivity index (χ0n) is 15.7. The Morgan fingerprint density at radius 2 is 0.667 bits per heavy atom. The average molecular weight is 323 g/mol. The van der Waals surface area contributed by atoms with Crippen molar-refractivity contribution in [3.05, 3.63) is 70.8 Å². The molecule has 0 bridgehead atoms. The monoisotopic (exact) mass is 322 g/mol. The molecule has 0 nitrogen and oxygen atoms in total. The van der Waals surface area contributed by atoms with Gasteiger partial charge in [-0.3, -0.25) is 0 Å². The lowest BCUT2D eigenvalue weighted by Crippen LogP contribution is -1.92. The topological polar surface area (TPSA) is 0 Å². The van der Waals surface area contributed by atoms with E-state index in [1.807, 2.05) is 0 Å². The van der Waals surface area contributed by atoms with Gasteiger partial charge >= 0.3 is 0 Å². The zero-order chi connectivity index (χ0) is 17.0. The molecule has 0 saturated carbocycles. The van der Waals surface area contributed by atoms with Crippen LogP contribution >= 0.6 is 0 Å². The van der Waals surface area contributed by atoms with Crippen molar-refractivity contribution in [2.45, 2.75) is 78.1 Å². The van der Waals surface area contributed by atoms with Crippen LogP contribution in [0.1, 0.15) is 74.6 Å². The van der Waals surface area contributed by atoms with Crippen LogP contribution in [0.15, 0.2) is 48.5 Å². The maximum Gasteiger partial charge on any atom is -0.0279 e. The third-order valence-corrected chi connectivity index (χ3v) is 4.86. The normalized spacial score (nSPS) is 10.9. The van der Waals surface area contributed by atoms with Crippen LogP contribution in [-0.2, 0) is 25.7 Å². The first kappa shape index (κ1) is 18.8. The lowest BCUT2D eigenvalue weighted by molar-refractivity contribution is 0.732.